The molecule has 0 fully saturated rings. The Kier molecular flexibility index (Phi) is 9.30. The van der Waals surface area contributed by atoms with Gasteiger partial charge in [0.05, 0.1) is 14.2 Å². The Balaban J connectivity index is 0.000000828. The molecule has 1 aromatic carbocycles. The number of ether oxygens (including phenoxy) is 2. The molecule has 4 N–H and O–H groups in total. The second-order valence-corrected chi connectivity index (χ2v) is 5.57. The summed E-state index contributed by atoms with van der Waals surface area (Å²) in [5.74, 6) is 6.87. The van der Waals surface area contributed by atoms with Gasteiger partial charge in [-0.1, -0.05) is 32.6 Å². The van der Waals surface area contributed by atoms with Crippen LogP contribution in [-0.2, 0) is 0 Å². The molecule has 0 radical (unpaired) electrons. The summed E-state index contributed by atoms with van der Waals surface area (Å²) in [4.78, 5) is 11.6. The zero-order valence-corrected chi connectivity index (χ0v) is 16.6. The van der Waals surface area contributed by atoms with Gasteiger partial charge in [0.2, 0.25) is 0 Å². The minimum Gasteiger partial charge on any atom is -0.497 e. The van der Waals surface area contributed by atoms with Gasteiger partial charge in [0.1, 0.15) is 22.8 Å². The average Bonchev–Trinajstić information content (AvgIpc) is 3.09. The molecule has 0 unspecified atom stereocenters. The van der Waals surface area contributed by atoms with Gasteiger partial charge in [-0.15, -0.1) is 0 Å². The van der Waals surface area contributed by atoms with Crippen molar-refractivity contribution >= 4 is 11.7 Å². The van der Waals surface area contributed by atoms with Crippen LogP contribution >= 0.6 is 0 Å². The van der Waals surface area contributed by atoms with Crippen molar-refractivity contribution in [3.05, 3.63) is 35.0 Å². The first-order valence-corrected chi connectivity index (χ1v) is 8.87. The predicted molar refractivity (Wildman–Crippen MR) is 107 cm³/mol. The van der Waals surface area contributed by atoms with Gasteiger partial charge in [0, 0.05) is 18.2 Å². The van der Waals surface area contributed by atoms with E-state index in [9.17, 15) is 4.79 Å². The number of aromatic nitrogens is 2. The minimum absolute atomic E-state index is 0.245. The van der Waals surface area contributed by atoms with Gasteiger partial charge in [-0.05, 0) is 25.0 Å². The third-order valence-corrected chi connectivity index (χ3v) is 3.54. The van der Waals surface area contributed by atoms with E-state index in [1.807, 2.05) is 6.92 Å². The van der Waals surface area contributed by atoms with Crippen LogP contribution in [0, 0.1) is 11.8 Å². The number of primary amides is 1. The lowest BCUT2D eigenvalue weighted by Gasteiger charge is -2.04. The summed E-state index contributed by atoms with van der Waals surface area (Å²) in [6.07, 6.45) is 2.64. The molecule has 0 bridgehead atoms. The predicted octanol–water partition coefficient (Wildman–Crippen LogP) is 3.16. The molecule has 27 heavy (non-hydrogen) atoms. The van der Waals surface area contributed by atoms with Crippen LogP contribution < -0.4 is 20.5 Å². The van der Waals surface area contributed by atoms with E-state index < -0.39 is 5.91 Å². The van der Waals surface area contributed by atoms with Crippen molar-refractivity contribution < 1.29 is 14.3 Å². The van der Waals surface area contributed by atoms with Crippen molar-refractivity contribution in [3.63, 3.8) is 0 Å². The second-order valence-electron chi connectivity index (χ2n) is 5.57. The van der Waals surface area contributed by atoms with E-state index >= 15 is 0 Å². The number of aromatic amines is 1. The smallest absolute Gasteiger partial charge is 0.255 e. The molecule has 146 valence electrons. The summed E-state index contributed by atoms with van der Waals surface area (Å²) in [6.45, 7) is 6.87. The highest BCUT2D eigenvalue weighted by Crippen LogP contribution is 2.22. The second kappa shape index (κ2) is 11.5. The maximum atomic E-state index is 11.6. The number of methoxy groups -OCH3 is 2. The molecule has 0 saturated heterocycles. The number of anilines is 1. The fourth-order valence-corrected chi connectivity index (χ4v) is 1.98. The van der Waals surface area contributed by atoms with Crippen LogP contribution in [0.3, 0.4) is 0 Å². The lowest BCUT2D eigenvalue weighted by atomic mass is 10.1. The quantitative estimate of drug-likeness (QED) is 0.676. The number of benzene rings is 1. The van der Waals surface area contributed by atoms with E-state index in [0.717, 1.165) is 0 Å². The summed E-state index contributed by atoms with van der Waals surface area (Å²) >= 11 is 0. The van der Waals surface area contributed by atoms with E-state index in [0.29, 0.717) is 35.1 Å². The monoisotopic (exact) mass is 372 g/mol. The molecule has 0 spiro atoms. The number of nitrogens with zero attached hydrogens (tertiary/aromatic N) is 1. The van der Waals surface area contributed by atoms with Crippen molar-refractivity contribution in [3.8, 4) is 23.3 Å². The minimum atomic E-state index is -0.595. The summed E-state index contributed by atoms with van der Waals surface area (Å²) < 4.78 is 10.4. The molecule has 0 aliphatic rings. The van der Waals surface area contributed by atoms with Gasteiger partial charge >= 0.3 is 0 Å². The molecule has 0 aliphatic heterocycles. The third kappa shape index (κ3) is 6.59. The topological polar surface area (TPSA) is 102 Å². The third-order valence-electron chi connectivity index (χ3n) is 3.54. The first-order chi connectivity index (χ1) is 13.0. The van der Waals surface area contributed by atoms with Crippen LogP contribution in [0.25, 0.3) is 0 Å². The summed E-state index contributed by atoms with van der Waals surface area (Å²) in [7, 11) is 3.13. The van der Waals surface area contributed by atoms with E-state index in [1.54, 1.807) is 32.4 Å². The Bertz CT molecular complexity index is 779. The highest BCUT2D eigenvalue weighted by molar-refractivity contribution is 5.99. The maximum absolute atomic E-state index is 11.6. The number of unbranched alkanes of at least 4 members (excludes halogenated alkanes) is 1. The number of nitrogens with two attached hydrogens (primary N) is 1. The van der Waals surface area contributed by atoms with E-state index in [1.165, 1.54) is 12.8 Å². The number of rotatable bonds is 6. The van der Waals surface area contributed by atoms with Crippen molar-refractivity contribution in [1.82, 2.24) is 10.2 Å². The van der Waals surface area contributed by atoms with Crippen molar-refractivity contribution in [1.29, 1.82) is 0 Å². The summed E-state index contributed by atoms with van der Waals surface area (Å²) in [5.41, 5.74) is 6.68. The van der Waals surface area contributed by atoms with Crippen molar-refractivity contribution in [2.75, 3.05) is 26.1 Å². The Labute approximate surface area is 160 Å². The van der Waals surface area contributed by atoms with E-state index in [-0.39, 0.29) is 5.56 Å². The fourth-order valence-electron chi connectivity index (χ4n) is 1.98. The molecule has 1 amide bonds. The van der Waals surface area contributed by atoms with Gasteiger partial charge in [0.25, 0.3) is 5.91 Å². The molecule has 1 heterocycles. The Morgan fingerprint density at radius 3 is 2.15 bits per heavy atom. The lowest BCUT2D eigenvalue weighted by Crippen LogP contribution is -2.14. The number of carbonyl (C=O) groups is 1. The number of hydrogen-bond acceptors (Lipinski definition) is 5. The Morgan fingerprint density at radius 1 is 1.11 bits per heavy atom. The average molecular weight is 372 g/mol. The number of carbonyl (C=O) groups excluding carboxylic acids is 1. The van der Waals surface area contributed by atoms with Crippen LogP contribution in [0.5, 0.6) is 11.5 Å². The fraction of sp³-hybridized carbons (Fsp3) is 0.400. The maximum Gasteiger partial charge on any atom is 0.255 e. The Hall–Kier alpha value is -3.14. The zero-order chi connectivity index (χ0) is 20.2. The molecule has 2 rings (SSSR count). The highest BCUT2D eigenvalue weighted by atomic mass is 16.5. The number of amides is 1. The Morgan fingerprint density at radius 2 is 1.70 bits per heavy atom. The highest BCUT2D eigenvalue weighted by Gasteiger charge is 2.16. The standard InChI is InChI=1S/C16H18N4O3.C4H10/c1-4-18-16-14(15(17)21)13(19-20-16)6-5-10-7-11(22-2)9-12(8-10)23-3;1-3-4-2/h7-9H,4H2,1-3H3,(H2,17,21)(H2,18,19,20);3-4H2,1-2H3. The first kappa shape index (κ1) is 21.9. The zero-order valence-electron chi connectivity index (χ0n) is 16.6. The van der Waals surface area contributed by atoms with Crippen LogP contribution in [-0.4, -0.2) is 36.9 Å². The summed E-state index contributed by atoms with van der Waals surface area (Å²) in [6, 6.07) is 5.28. The molecule has 0 saturated carbocycles. The van der Waals surface area contributed by atoms with Crippen LogP contribution in [0.15, 0.2) is 18.2 Å². The normalized spacial score (nSPS) is 9.37. The SMILES string of the molecule is CCCC.CCNc1n[nH]c(C#Cc2cc(OC)cc(OC)c2)c1C(N)=O. The van der Waals surface area contributed by atoms with E-state index in [2.05, 4.69) is 41.2 Å². The van der Waals surface area contributed by atoms with Crippen LogP contribution in [0.4, 0.5) is 5.82 Å². The molecule has 0 atom stereocenters. The van der Waals surface area contributed by atoms with Crippen molar-refractivity contribution in [2.45, 2.75) is 33.6 Å². The number of nitrogens with one attached hydrogen (secondary N) is 2. The number of H-pyrrole nitrogens is 1. The molecule has 7 heteroatoms. The van der Waals surface area contributed by atoms with E-state index in [4.69, 9.17) is 15.2 Å². The largest absolute Gasteiger partial charge is 0.497 e. The van der Waals surface area contributed by atoms with Crippen LogP contribution in [0.2, 0.25) is 0 Å². The molecular weight excluding hydrogens is 344 g/mol. The lowest BCUT2D eigenvalue weighted by molar-refractivity contribution is 0.100. The van der Waals surface area contributed by atoms with Crippen LogP contribution in [0.1, 0.15) is 55.2 Å². The molecule has 0 aliphatic carbocycles. The van der Waals surface area contributed by atoms with Gasteiger partial charge in [-0.2, -0.15) is 5.10 Å². The molecule has 2 aromatic rings. The summed E-state index contributed by atoms with van der Waals surface area (Å²) in [5, 5.41) is 9.70. The van der Waals surface area contributed by atoms with Crippen molar-refractivity contribution in [2.24, 2.45) is 5.73 Å². The van der Waals surface area contributed by atoms with Gasteiger partial charge in [-0.3, -0.25) is 9.89 Å². The molecule has 7 nitrogen and oxygen atoms in total. The van der Waals surface area contributed by atoms with Gasteiger partial charge in [-0.25, -0.2) is 0 Å². The number of hydrogen-bond donors (Lipinski definition) is 3. The molecule has 1 aromatic heterocycles. The van der Waals surface area contributed by atoms with Gasteiger partial charge in [0.15, 0.2) is 5.82 Å². The molecular formula is C20H28N4O3. The van der Waals surface area contributed by atoms with Gasteiger partial charge < -0.3 is 20.5 Å². The first-order valence-electron chi connectivity index (χ1n) is 8.87.